The SMILES string of the molecule is NC1COCCN1C(=O)c1ccc([N+](=O)[O-])o1. The van der Waals surface area contributed by atoms with Crippen LogP contribution in [0.1, 0.15) is 10.6 Å². The summed E-state index contributed by atoms with van der Waals surface area (Å²) in [5, 5.41) is 10.4. The number of ether oxygens (including phenoxy) is 1. The Labute approximate surface area is 96.1 Å². The van der Waals surface area contributed by atoms with Crippen molar-refractivity contribution in [3.63, 3.8) is 0 Å². The van der Waals surface area contributed by atoms with Crippen LogP contribution in [0.5, 0.6) is 0 Å². The fraction of sp³-hybridized carbons (Fsp3) is 0.444. The monoisotopic (exact) mass is 241 g/mol. The summed E-state index contributed by atoms with van der Waals surface area (Å²) in [7, 11) is 0. The van der Waals surface area contributed by atoms with E-state index in [0.29, 0.717) is 13.2 Å². The van der Waals surface area contributed by atoms with E-state index in [1.165, 1.54) is 11.0 Å². The zero-order valence-corrected chi connectivity index (χ0v) is 8.87. The van der Waals surface area contributed by atoms with Crippen molar-refractivity contribution < 1.29 is 18.9 Å². The lowest BCUT2D eigenvalue weighted by molar-refractivity contribution is -0.402. The van der Waals surface area contributed by atoms with Crippen LogP contribution in [0, 0.1) is 10.1 Å². The average molecular weight is 241 g/mol. The lowest BCUT2D eigenvalue weighted by Gasteiger charge is -2.32. The van der Waals surface area contributed by atoms with Crippen LogP contribution in [0.15, 0.2) is 16.5 Å². The highest BCUT2D eigenvalue weighted by molar-refractivity contribution is 5.92. The van der Waals surface area contributed by atoms with Gasteiger partial charge in [0.25, 0.3) is 5.91 Å². The summed E-state index contributed by atoms with van der Waals surface area (Å²) < 4.78 is 9.91. The lowest BCUT2D eigenvalue weighted by Crippen LogP contribution is -2.53. The number of hydrogen-bond acceptors (Lipinski definition) is 6. The summed E-state index contributed by atoms with van der Waals surface area (Å²) in [6, 6.07) is 2.40. The van der Waals surface area contributed by atoms with Crippen LogP contribution < -0.4 is 5.73 Å². The highest BCUT2D eigenvalue weighted by Gasteiger charge is 2.28. The van der Waals surface area contributed by atoms with Gasteiger partial charge in [-0.25, -0.2) is 0 Å². The zero-order valence-electron chi connectivity index (χ0n) is 8.87. The van der Waals surface area contributed by atoms with Gasteiger partial charge in [-0.2, -0.15) is 0 Å². The van der Waals surface area contributed by atoms with Gasteiger partial charge >= 0.3 is 5.88 Å². The van der Waals surface area contributed by atoms with Gasteiger partial charge in [0, 0.05) is 6.54 Å². The number of rotatable bonds is 2. The summed E-state index contributed by atoms with van der Waals surface area (Å²) in [6.45, 7) is 0.977. The predicted octanol–water partition coefficient (Wildman–Crippen LogP) is -0.0550. The summed E-state index contributed by atoms with van der Waals surface area (Å²) >= 11 is 0. The topological polar surface area (TPSA) is 112 Å². The molecule has 0 spiro atoms. The largest absolute Gasteiger partial charge is 0.433 e. The van der Waals surface area contributed by atoms with Gasteiger partial charge in [-0.05, 0) is 6.07 Å². The summed E-state index contributed by atoms with van der Waals surface area (Å²) in [4.78, 5) is 23.0. The van der Waals surface area contributed by atoms with Crippen LogP contribution >= 0.6 is 0 Å². The Kier molecular flexibility index (Phi) is 3.07. The molecule has 1 aliphatic rings. The fourth-order valence-electron chi connectivity index (χ4n) is 1.56. The Bertz CT molecular complexity index is 444. The Morgan fingerprint density at radius 1 is 1.59 bits per heavy atom. The molecule has 8 nitrogen and oxygen atoms in total. The van der Waals surface area contributed by atoms with E-state index >= 15 is 0 Å². The second kappa shape index (κ2) is 4.52. The molecule has 8 heteroatoms. The van der Waals surface area contributed by atoms with E-state index in [0.717, 1.165) is 6.07 Å². The van der Waals surface area contributed by atoms with Crippen LogP contribution in [0.2, 0.25) is 0 Å². The summed E-state index contributed by atoms with van der Waals surface area (Å²) in [6.07, 6.45) is -0.555. The second-order valence-electron chi connectivity index (χ2n) is 3.54. The minimum absolute atomic E-state index is 0.0888. The first kappa shape index (κ1) is 11.6. The summed E-state index contributed by atoms with van der Waals surface area (Å²) in [5.74, 6) is -1.02. The molecule has 1 atom stereocenters. The quantitative estimate of drug-likeness (QED) is 0.573. The highest BCUT2D eigenvalue weighted by Crippen LogP contribution is 2.18. The molecule has 1 saturated heterocycles. The van der Waals surface area contributed by atoms with E-state index in [4.69, 9.17) is 14.9 Å². The molecule has 0 saturated carbocycles. The number of nitro groups is 1. The van der Waals surface area contributed by atoms with Crippen molar-refractivity contribution >= 4 is 11.8 Å². The predicted molar refractivity (Wildman–Crippen MR) is 55.2 cm³/mol. The molecule has 0 bridgehead atoms. The van der Waals surface area contributed by atoms with E-state index in [1.807, 2.05) is 0 Å². The molecular formula is C9H11N3O5. The summed E-state index contributed by atoms with van der Waals surface area (Å²) in [5.41, 5.74) is 5.69. The van der Waals surface area contributed by atoms with Crippen molar-refractivity contribution in [1.82, 2.24) is 4.90 Å². The number of carbonyl (C=O) groups is 1. The molecule has 1 aromatic heterocycles. The maximum atomic E-state index is 11.9. The molecule has 2 heterocycles. The van der Waals surface area contributed by atoms with Crippen LogP contribution in [0.3, 0.4) is 0 Å². The van der Waals surface area contributed by atoms with E-state index in [2.05, 4.69) is 0 Å². The molecule has 2 N–H and O–H groups in total. The minimum atomic E-state index is -0.698. The van der Waals surface area contributed by atoms with Gasteiger partial charge < -0.3 is 19.8 Å². The van der Waals surface area contributed by atoms with E-state index in [1.54, 1.807) is 0 Å². The van der Waals surface area contributed by atoms with Crippen molar-refractivity contribution in [3.05, 3.63) is 28.0 Å². The van der Waals surface area contributed by atoms with Gasteiger partial charge in [0.15, 0.2) is 5.76 Å². The number of amides is 1. The maximum absolute atomic E-state index is 11.9. The highest BCUT2D eigenvalue weighted by atomic mass is 16.6. The molecule has 1 unspecified atom stereocenters. The number of furan rings is 1. The van der Waals surface area contributed by atoms with Crippen LogP contribution in [0.4, 0.5) is 5.88 Å². The normalized spacial score (nSPS) is 20.3. The molecule has 1 amide bonds. The second-order valence-corrected chi connectivity index (χ2v) is 3.54. The molecule has 17 heavy (non-hydrogen) atoms. The molecule has 1 aliphatic heterocycles. The molecule has 2 rings (SSSR count). The smallest absolute Gasteiger partial charge is 0.395 e. The van der Waals surface area contributed by atoms with Crippen LogP contribution in [-0.2, 0) is 4.74 Å². The van der Waals surface area contributed by atoms with E-state index < -0.39 is 22.9 Å². The standard InChI is InChI=1S/C9H11N3O5/c10-7-5-16-4-3-11(7)9(13)6-1-2-8(17-6)12(14)15/h1-2,7H,3-5,10H2. The van der Waals surface area contributed by atoms with Gasteiger partial charge in [-0.1, -0.05) is 0 Å². The van der Waals surface area contributed by atoms with Crippen LogP contribution in [0.25, 0.3) is 0 Å². The lowest BCUT2D eigenvalue weighted by atomic mass is 10.3. The third kappa shape index (κ3) is 2.27. The molecule has 0 radical (unpaired) electrons. The number of nitrogens with two attached hydrogens (primary N) is 1. The number of morpholine rings is 1. The van der Waals surface area contributed by atoms with Crippen molar-refractivity contribution in [2.24, 2.45) is 5.73 Å². The van der Waals surface area contributed by atoms with Crippen molar-refractivity contribution in [1.29, 1.82) is 0 Å². The zero-order chi connectivity index (χ0) is 12.4. The third-order valence-electron chi connectivity index (χ3n) is 2.41. The van der Waals surface area contributed by atoms with Crippen molar-refractivity contribution in [3.8, 4) is 0 Å². The van der Waals surface area contributed by atoms with Crippen molar-refractivity contribution in [2.45, 2.75) is 6.17 Å². The maximum Gasteiger partial charge on any atom is 0.433 e. The molecule has 92 valence electrons. The molecule has 0 aliphatic carbocycles. The van der Waals surface area contributed by atoms with Gasteiger partial charge in [0.1, 0.15) is 11.1 Å². The number of nitrogens with zero attached hydrogens (tertiary/aromatic N) is 2. The Hall–Kier alpha value is -1.93. The average Bonchev–Trinajstić information content (AvgIpc) is 2.78. The molecule has 1 fully saturated rings. The van der Waals surface area contributed by atoms with E-state index in [-0.39, 0.29) is 12.4 Å². The fourth-order valence-corrected chi connectivity index (χ4v) is 1.56. The first-order valence-corrected chi connectivity index (χ1v) is 4.98. The minimum Gasteiger partial charge on any atom is -0.395 e. The Morgan fingerprint density at radius 3 is 2.94 bits per heavy atom. The van der Waals surface area contributed by atoms with Crippen LogP contribution in [-0.4, -0.2) is 41.7 Å². The molecule has 1 aromatic rings. The van der Waals surface area contributed by atoms with E-state index in [9.17, 15) is 14.9 Å². The first-order chi connectivity index (χ1) is 8.09. The molecular weight excluding hydrogens is 230 g/mol. The number of carbonyl (C=O) groups excluding carboxylic acids is 1. The molecule has 0 aromatic carbocycles. The van der Waals surface area contributed by atoms with Gasteiger partial charge in [-0.15, -0.1) is 0 Å². The van der Waals surface area contributed by atoms with Crippen molar-refractivity contribution in [2.75, 3.05) is 19.8 Å². The van der Waals surface area contributed by atoms with Gasteiger partial charge in [0.05, 0.1) is 19.3 Å². The third-order valence-corrected chi connectivity index (χ3v) is 2.41. The Morgan fingerprint density at radius 2 is 2.35 bits per heavy atom. The first-order valence-electron chi connectivity index (χ1n) is 4.98. The van der Waals surface area contributed by atoms with Gasteiger partial charge in [-0.3, -0.25) is 14.9 Å². The van der Waals surface area contributed by atoms with Gasteiger partial charge in [0.2, 0.25) is 0 Å². The number of hydrogen-bond donors (Lipinski definition) is 1. The Balaban J connectivity index is 2.15.